The number of para-hydroxylation sites is 1. The molecule has 3 aromatic heterocycles. The maximum atomic E-state index is 5.74. The van der Waals surface area contributed by atoms with Gasteiger partial charge in [-0.1, -0.05) is 127 Å². The molecule has 0 bridgehead atoms. The van der Waals surface area contributed by atoms with Crippen LogP contribution in [0.5, 0.6) is 0 Å². The minimum absolute atomic E-state index is 0.447. The number of thiophene rings is 2. The Balaban J connectivity index is 0.964. The number of allylic oxidation sites excluding steroid dienone is 3. The monoisotopic (exact) mass is 892 g/mol. The molecule has 1 N–H and O–H groups in total. The van der Waals surface area contributed by atoms with Gasteiger partial charge in [-0.25, -0.2) is 9.98 Å². The van der Waals surface area contributed by atoms with Crippen LogP contribution in [0.15, 0.2) is 204 Å². The van der Waals surface area contributed by atoms with Gasteiger partial charge in [-0.05, 0) is 125 Å². The van der Waals surface area contributed by atoms with Gasteiger partial charge in [-0.3, -0.25) is 0 Å². The van der Waals surface area contributed by atoms with Crippen molar-refractivity contribution in [3.05, 3.63) is 216 Å². The maximum absolute atomic E-state index is 5.74. The molecular formula is C61H40N4S2. The summed E-state index contributed by atoms with van der Waals surface area (Å²) in [5.41, 5.74) is 10.8. The Labute approximate surface area is 394 Å². The van der Waals surface area contributed by atoms with Crippen molar-refractivity contribution in [2.24, 2.45) is 15.4 Å². The van der Waals surface area contributed by atoms with Gasteiger partial charge in [0.05, 0.1) is 16.7 Å². The van der Waals surface area contributed by atoms with Crippen LogP contribution < -0.4 is 5.32 Å². The molecule has 15 rings (SSSR count). The molecule has 2 aliphatic carbocycles. The summed E-state index contributed by atoms with van der Waals surface area (Å²) in [7, 11) is 0. The van der Waals surface area contributed by atoms with Crippen molar-refractivity contribution in [1.29, 1.82) is 0 Å². The van der Waals surface area contributed by atoms with E-state index in [-0.39, 0.29) is 0 Å². The fraction of sp³-hybridized carbons (Fsp3) is 0.0820. The van der Waals surface area contributed by atoms with Crippen molar-refractivity contribution in [1.82, 2.24) is 9.88 Å². The predicted octanol–water partition coefficient (Wildman–Crippen LogP) is 16.2. The summed E-state index contributed by atoms with van der Waals surface area (Å²) in [6.07, 6.45) is 3.82. The number of fused-ring (bicyclic) bond motifs is 14. The number of hydrogen-bond donors (Lipinski definition) is 1. The van der Waals surface area contributed by atoms with Crippen LogP contribution in [-0.4, -0.2) is 16.2 Å². The molecular weight excluding hydrogens is 853 g/mol. The molecule has 3 aliphatic rings. The van der Waals surface area contributed by atoms with Crippen molar-refractivity contribution >= 4 is 129 Å². The molecule has 0 radical (unpaired) electrons. The second-order valence-electron chi connectivity index (χ2n) is 18.8. The minimum atomic E-state index is -0.529. The quantitative estimate of drug-likeness (QED) is 0.188. The molecule has 0 saturated carbocycles. The Bertz CT molecular complexity index is 4290. The van der Waals surface area contributed by atoms with Gasteiger partial charge in [-0.2, -0.15) is 0 Å². The summed E-state index contributed by atoms with van der Waals surface area (Å²) in [6, 6.07) is 67.3. The normalized spacial score (nSPS) is 18.3. The summed E-state index contributed by atoms with van der Waals surface area (Å²) < 4.78 is 7.71. The van der Waals surface area contributed by atoms with Gasteiger partial charge in [0.15, 0.2) is 6.17 Å². The largest absolute Gasteiger partial charge is 0.328 e. The molecule has 4 nitrogen and oxygen atoms in total. The highest BCUT2D eigenvalue weighted by atomic mass is 32.1. The molecule has 316 valence electrons. The Kier molecular flexibility index (Phi) is 7.82. The smallest absolute Gasteiger partial charge is 0.169 e. The first-order chi connectivity index (χ1) is 33.0. The summed E-state index contributed by atoms with van der Waals surface area (Å²) >= 11 is 3.69. The molecule has 0 spiro atoms. The van der Waals surface area contributed by atoms with Crippen LogP contribution in [0, 0.1) is 5.41 Å². The molecule has 0 fully saturated rings. The number of aliphatic imine (C=N–C) groups is 2. The molecule has 4 heterocycles. The Morgan fingerprint density at radius 1 is 0.537 bits per heavy atom. The van der Waals surface area contributed by atoms with Crippen LogP contribution >= 0.6 is 22.7 Å². The van der Waals surface area contributed by atoms with E-state index in [1.165, 1.54) is 112 Å². The standard InChI is InChI=1S/C61H40N4S2/c1-61(60-63-58(38-23-26-55-48(29-38)43-17-7-10-20-53(43)66-55)62-59(64-60)39-24-27-56-49(30-39)44-18-8-11-21-54(44)67-56)33-40-31-46-41-15-5-4-12-35(41)22-25-45(46)57(40)52(34-61)65-50-19-9-6-16-42(50)47-28-36-13-2-3-14-37(36)32-51(47)65/h2-30,32,34,58H,31,33H2,1H3,(H,62,63,64). The van der Waals surface area contributed by atoms with Crippen LogP contribution in [0.3, 0.4) is 0 Å². The molecule has 6 heteroatoms. The van der Waals surface area contributed by atoms with E-state index in [0.29, 0.717) is 0 Å². The van der Waals surface area contributed by atoms with Gasteiger partial charge in [-0.15, -0.1) is 22.7 Å². The van der Waals surface area contributed by atoms with E-state index in [9.17, 15) is 0 Å². The first-order valence-corrected chi connectivity index (χ1v) is 24.8. The average molecular weight is 893 g/mol. The minimum Gasteiger partial charge on any atom is -0.328 e. The molecule has 12 aromatic rings. The zero-order chi connectivity index (χ0) is 44.0. The number of benzene rings is 9. The summed E-state index contributed by atoms with van der Waals surface area (Å²) in [4.78, 5) is 11.3. The number of rotatable bonds is 4. The van der Waals surface area contributed by atoms with E-state index in [0.717, 1.165) is 35.6 Å². The van der Waals surface area contributed by atoms with Crippen molar-refractivity contribution < 1.29 is 0 Å². The summed E-state index contributed by atoms with van der Waals surface area (Å²) in [5.74, 6) is 1.78. The third kappa shape index (κ3) is 5.57. The maximum Gasteiger partial charge on any atom is 0.169 e. The Hall–Kier alpha value is -7.64. The third-order valence-corrected chi connectivity index (χ3v) is 17.1. The van der Waals surface area contributed by atoms with Crippen LogP contribution in [0.2, 0.25) is 0 Å². The van der Waals surface area contributed by atoms with Crippen LogP contribution in [0.1, 0.15) is 41.8 Å². The predicted molar refractivity (Wildman–Crippen MR) is 287 cm³/mol. The highest BCUT2D eigenvalue weighted by Gasteiger charge is 2.42. The number of nitrogens with zero attached hydrogens (tertiary/aromatic N) is 3. The highest BCUT2D eigenvalue weighted by Crippen LogP contribution is 2.53. The van der Waals surface area contributed by atoms with Crippen molar-refractivity contribution in [2.75, 3.05) is 0 Å². The summed E-state index contributed by atoms with van der Waals surface area (Å²) in [6.45, 7) is 2.40. The van der Waals surface area contributed by atoms with Crippen molar-refractivity contribution in [3.8, 4) is 0 Å². The molecule has 9 aromatic carbocycles. The third-order valence-electron chi connectivity index (χ3n) is 14.8. The van der Waals surface area contributed by atoms with E-state index in [4.69, 9.17) is 9.98 Å². The van der Waals surface area contributed by atoms with E-state index < -0.39 is 11.6 Å². The van der Waals surface area contributed by atoms with Gasteiger partial charge in [0.2, 0.25) is 0 Å². The topological polar surface area (TPSA) is 41.7 Å². The number of hydrogen-bond acceptors (Lipinski definition) is 5. The highest BCUT2D eigenvalue weighted by molar-refractivity contribution is 7.26. The lowest BCUT2D eigenvalue weighted by molar-refractivity contribution is 0.553. The molecule has 1 aliphatic heterocycles. The lowest BCUT2D eigenvalue weighted by atomic mass is 9.75. The molecule has 2 unspecified atom stereocenters. The Morgan fingerprint density at radius 3 is 1.97 bits per heavy atom. The van der Waals surface area contributed by atoms with Crippen LogP contribution in [0.25, 0.3) is 95.0 Å². The van der Waals surface area contributed by atoms with Gasteiger partial charge < -0.3 is 9.88 Å². The van der Waals surface area contributed by atoms with Crippen molar-refractivity contribution in [2.45, 2.75) is 25.9 Å². The fourth-order valence-electron chi connectivity index (χ4n) is 11.6. The Morgan fingerprint density at radius 2 is 1.18 bits per heavy atom. The van der Waals surface area contributed by atoms with Crippen LogP contribution in [0.4, 0.5) is 0 Å². The lowest BCUT2D eigenvalue weighted by Gasteiger charge is -2.37. The average Bonchev–Trinajstić information content (AvgIpc) is 4.14. The summed E-state index contributed by atoms with van der Waals surface area (Å²) in [5, 5.41) is 16.7. The van der Waals surface area contributed by atoms with Gasteiger partial charge in [0, 0.05) is 67.7 Å². The lowest BCUT2D eigenvalue weighted by Crippen LogP contribution is -2.45. The van der Waals surface area contributed by atoms with Gasteiger partial charge in [0.1, 0.15) is 11.7 Å². The fourth-order valence-corrected chi connectivity index (χ4v) is 13.8. The zero-order valence-corrected chi connectivity index (χ0v) is 38.2. The van der Waals surface area contributed by atoms with E-state index in [1.807, 2.05) is 22.7 Å². The molecule has 67 heavy (non-hydrogen) atoms. The van der Waals surface area contributed by atoms with E-state index in [1.54, 1.807) is 0 Å². The zero-order valence-electron chi connectivity index (χ0n) is 36.5. The number of amidine groups is 2. The molecule has 0 saturated heterocycles. The van der Waals surface area contributed by atoms with E-state index in [2.05, 4.69) is 205 Å². The van der Waals surface area contributed by atoms with E-state index >= 15 is 0 Å². The second kappa shape index (κ2) is 13.9. The van der Waals surface area contributed by atoms with Crippen LogP contribution in [-0.2, 0) is 6.42 Å². The van der Waals surface area contributed by atoms with Gasteiger partial charge in [0.25, 0.3) is 0 Å². The number of aromatic nitrogens is 1. The first-order valence-electron chi connectivity index (χ1n) is 23.2. The van der Waals surface area contributed by atoms with Crippen molar-refractivity contribution in [3.63, 3.8) is 0 Å². The molecule has 2 atom stereocenters. The number of nitrogens with one attached hydrogen (secondary N) is 1. The molecule has 0 amide bonds. The second-order valence-corrected chi connectivity index (χ2v) is 20.9. The van der Waals surface area contributed by atoms with Gasteiger partial charge >= 0.3 is 0 Å². The first kappa shape index (κ1) is 37.6. The SMILES string of the molecule is CC1(C2=NC(c3ccc4sc5ccccc5c4c3)N=C(c3ccc4sc5ccccc5c4c3)N2)C=C(n2c3ccccc3c3cc4ccccc4cc32)C2=C(Cc3c2ccc2ccccc32)C1.